The number of rotatable bonds is 6. The molecular weight excluding hydrogens is 392 g/mol. The van der Waals surface area contributed by atoms with E-state index in [1.807, 2.05) is 6.07 Å². The van der Waals surface area contributed by atoms with E-state index >= 15 is 0 Å². The van der Waals surface area contributed by atoms with Crippen molar-refractivity contribution in [3.8, 4) is 5.82 Å². The first kappa shape index (κ1) is 20.4. The standard InChI is InChI=1S/C20H25F2N7O/c1-20(2,19(21)22)27-14-5-3-13(4-6-14)25-18(30)17-16-12(10-24-28-16)9-15(26-17)29-8-7-23-11-29/h7-11,13-14,19,27H,3-6H2,1-2H3,(H,24,28)(H,25,30)/t13-,14+. The lowest BCUT2D eigenvalue weighted by atomic mass is 9.89. The molecule has 1 aliphatic carbocycles. The summed E-state index contributed by atoms with van der Waals surface area (Å²) in [7, 11) is 0. The SMILES string of the molecule is CC(C)(N[C@H]1CC[C@@H](NC(=O)c2nc(-n3ccnc3)cc3cn[nH]c23)CC1)C(F)F. The Morgan fingerprint density at radius 3 is 2.67 bits per heavy atom. The van der Waals surface area contributed by atoms with Gasteiger partial charge in [-0.25, -0.2) is 18.7 Å². The zero-order chi connectivity index (χ0) is 21.3. The van der Waals surface area contributed by atoms with Gasteiger partial charge in [-0.3, -0.25) is 14.5 Å². The van der Waals surface area contributed by atoms with Crippen molar-refractivity contribution < 1.29 is 13.6 Å². The maximum Gasteiger partial charge on any atom is 0.272 e. The molecule has 1 saturated carbocycles. The molecule has 3 heterocycles. The number of hydrogen-bond donors (Lipinski definition) is 3. The number of pyridine rings is 1. The molecule has 8 nitrogen and oxygen atoms in total. The van der Waals surface area contributed by atoms with E-state index in [0.717, 1.165) is 31.1 Å². The van der Waals surface area contributed by atoms with Crippen LogP contribution in [0.2, 0.25) is 0 Å². The minimum Gasteiger partial charge on any atom is -0.348 e. The molecule has 0 saturated heterocycles. The number of fused-ring (bicyclic) bond motifs is 1. The van der Waals surface area contributed by atoms with Gasteiger partial charge in [-0.05, 0) is 45.6 Å². The Bertz CT molecular complexity index is 1010. The minimum atomic E-state index is -2.43. The van der Waals surface area contributed by atoms with Gasteiger partial charge in [0.05, 0.1) is 17.3 Å². The molecule has 160 valence electrons. The van der Waals surface area contributed by atoms with Crippen LogP contribution in [0, 0.1) is 0 Å². The van der Waals surface area contributed by atoms with Gasteiger partial charge < -0.3 is 10.6 Å². The van der Waals surface area contributed by atoms with Gasteiger partial charge in [0.1, 0.15) is 12.1 Å². The van der Waals surface area contributed by atoms with Crippen LogP contribution < -0.4 is 10.6 Å². The fourth-order valence-electron chi connectivity index (χ4n) is 3.85. The van der Waals surface area contributed by atoms with Crippen LogP contribution in [-0.2, 0) is 0 Å². The van der Waals surface area contributed by atoms with Gasteiger partial charge in [0.25, 0.3) is 12.3 Å². The number of aromatic amines is 1. The zero-order valence-electron chi connectivity index (χ0n) is 16.9. The average Bonchev–Trinajstić information content (AvgIpc) is 3.40. The fourth-order valence-corrected chi connectivity index (χ4v) is 3.85. The van der Waals surface area contributed by atoms with Crippen molar-refractivity contribution >= 4 is 16.8 Å². The number of aromatic nitrogens is 5. The topological polar surface area (TPSA) is 101 Å². The van der Waals surface area contributed by atoms with Crippen molar-refractivity contribution in [3.05, 3.63) is 36.7 Å². The lowest BCUT2D eigenvalue weighted by Gasteiger charge is -2.35. The highest BCUT2D eigenvalue weighted by molar-refractivity contribution is 6.04. The maximum atomic E-state index is 13.1. The Morgan fingerprint density at radius 2 is 2.00 bits per heavy atom. The van der Waals surface area contributed by atoms with Crippen LogP contribution in [0.15, 0.2) is 31.0 Å². The third kappa shape index (κ3) is 4.18. The Balaban J connectivity index is 1.44. The largest absolute Gasteiger partial charge is 0.348 e. The Kier molecular flexibility index (Phi) is 5.50. The number of carbonyl (C=O) groups is 1. The molecule has 0 bridgehead atoms. The molecule has 1 aliphatic rings. The second-order valence-electron chi connectivity index (χ2n) is 8.32. The summed E-state index contributed by atoms with van der Waals surface area (Å²) in [6.07, 6.45) is 7.12. The van der Waals surface area contributed by atoms with Crippen LogP contribution in [0.25, 0.3) is 16.7 Å². The summed E-state index contributed by atoms with van der Waals surface area (Å²) >= 11 is 0. The molecule has 30 heavy (non-hydrogen) atoms. The summed E-state index contributed by atoms with van der Waals surface area (Å²) in [4.78, 5) is 21.5. The van der Waals surface area contributed by atoms with Crippen LogP contribution in [0.1, 0.15) is 50.0 Å². The van der Waals surface area contributed by atoms with Crippen molar-refractivity contribution in [2.45, 2.75) is 63.6 Å². The number of H-pyrrole nitrogens is 1. The molecule has 0 atom stereocenters. The van der Waals surface area contributed by atoms with E-state index in [0.29, 0.717) is 11.3 Å². The second kappa shape index (κ2) is 8.10. The lowest BCUT2D eigenvalue weighted by molar-refractivity contribution is 0.0394. The summed E-state index contributed by atoms with van der Waals surface area (Å²) in [6.45, 7) is 3.03. The highest BCUT2D eigenvalue weighted by atomic mass is 19.3. The number of nitrogens with zero attached hydrogens (tertiary/aromatic N) is 4. The molecule has 10 heteroatoms. The zero-order valence-corrected chi connectivity index (χ0v) is 16.9. The molecule has 1 fully saturated rings. The van der Waals surface area contributed by atoms with E-state index in [1.54, 1.807) is 29.5 Å². The molecule has 0 radical (unpaired) electrons. The molecule has 1 amide bonds. The van der Waals surface area contributed by atoms with Gasteiger partial charge in [-0.1, -0.05) is 0 Å². The first-order valence-electron chi connectivity index (χ1n) is 10.0. The van der Waals surface area contributed by atoms with Crippen LogP contribution in [-0.4, -0.2) is 54.7 Å². The molecule has 0 aromatic carbocycles. The van der Waals surface area contributed by atoms with Gasteiger partial charge in [0.15, 0.2) is 5.69 Å². The molecule has 0 unspecified atom stereocenters. The van der Waals surface area contributed by atoms with Gasteiger partial charge in [0.2, 0.25) is 0 Å². The number of hydrogen-bond acceptors (Lipinski definition) is 5. The van der Waals surface area contributed by atoms with Crippen LogP contribution in [0.3, 0.4) is 0 Å². The summed E-state index contributed by atoms with van der Waals surface area (Å²) in [5.41, 5.74) is -0.372. The van der Waals surface area contributed by atoms with Gasteiger partial charge >= 0.3 is 0 Å². The molecule has 0 spiro atoms. The molecule has 3 N–H and O–H groups in total. The fraction of sp³-hybridized carbons (Fsp3) is 0.500. The van der Waals surface area contributed by atoms with Crippen LogP contribution >= 0.6 is 0 Å². The number of amides is 1. The van der Waals surface area contributed by atoms with Gasteiger partial charge in [0, 0.05) is 29.9 Å². The van der Waals surface area contributed by atoms with E-state index < -0.39 is 12.0 Å². The highest BCUT2D eigenvalue weighted by Gasteiger charge is 2.33. The number of halogens is 2. The third-order valence-electron chi connectivity index (χ3n) is 5.58. The normalized spacial score (nSPS) is 20.0. The average molecular weight is 417 g/mol. The number of nitrogens with one attached hydrogen (secondary N) is 3. The van der Waals surface area contributed by atoms with E-state index in [2.05, 4.69) is 30.8 Å². The van der Waals surface area contributed by atoms with E-state index in [4.69, 9.17) is 0 Å². The summed E-state index contributed by atoms with van der Waals surface area (Å²) < 4.78 is 27.9. The Hall–Kier alpha value is -2.88. The van der Waals surface area contributed by atoms with Crippen molar-refractivity contribution in [2.75, 3.05) is 0 Å². The highest BCUT2D eigenvalue weighted by Crippen LogP contribution is 2.24. The van der Waals surface area contributed by atoms with Crippen molar-refractivity contribution in [1.82, 2.24) is 35.4 Å². The molecule has 0 aliphatic heterocycles. The van der Waals surface area contributed by atoms with Crippen molar-refractivity contribution in [1.29, 1.82) is 0 Å². The predicted molar refractivity (Wildman–Crippen MR) is 108 cm³/mol. The van der Waals surface area contributed by atoms with Crippen molar-refractivity contribution in [3.63, 3.8) is 0 Å². The molecule has 3 aromatic rings. The number of carbonyl (C=O) groups excluding carboxylic acids is 1. The quantitative estimate of drug-likeness (QED) is 0.573. The van der Waals surface area contributed by atoms with Crippen molar-refractivity contribution in [2.24, 2.45) is 0 Å². The predicted octanol–water partition coefficient (Wildman–Crippen LogP) is 2.82. The summed E-state index contributed by atoms with van der Waals surface area (Å²) in [6, 6.07) is 1.82. The van der Waals surface area contributed by atoms with Crippen LogP contribution in [0.4, 0.5) is 8.78 Å². The summed E-state index contributed by atoms with van der Waals surface area (Å²) in [5.74, 6) is 0.296. The maximum absolute atomic E-state index is 13.1. The second-order valence-corrected chi connectivity index (χ2v) is 8.32. The van der Waals surface area contributed by atoms with Gasteiger partial charge in [-0.2, -0.15) is 5.10 Å². The first-order valence-corrected chi connectivity index (χ1v) is 10.0. The summed E-state index contributed by atoms with van der Waals surface area (Å²) in [5, 5.41) is 13.7. The van der Waals surface area contributed by atoms with E-state index in [9.17, 15) is 13.6 Å². The van der Waals surface area contributed by atoms with E-state index in [-0.39, 0.29) is 23.7 Å². The van der Waals surface area contributed by atoms with E-state index in [1.165, 1.54) is 13.8 Å². The molecule has 4 rings (SSSR count). The molecular formula is C20H25F2N7O. The Morgan fingerprint density at radius 1 is 1.27 bits per heavy atom. The number of imidazole rings is 1. The first-order chi connectivity index (χ1) is 14.3. The smallest absolute Gasteiger partial charge is 0.272 e. The minimum absolute atomic E-state index is 0.0177. The van der Waals surface area contributed by atoms with Crippen LogP contribution in [0.5, 0.6) is 0 Å². The molecule has 3 aromatic heterocycles. The number of alkyl halides is 2. The Labute approximate surface area is 172 Å². The monoisotopic (exact) mass is 417 g/mol. The lowest BCUT2D eigenvalue weighted by Crippen LogP contribution is -2.53. The van der Waals surface area contributed by atoms with Gasteiger partial charge in [-0.15, -0.1) is 0 Å². The third-order valence-corrected chi connectivity index (χ3v) is 5.58.